The molecule has 2 fully saturated rings. The molecular formula is C14H17N3O2. The molecule has 0 spiro atoms. The lowest BCUT2D eigenvalue weighted by Gasteiger charge is -2.21. The molecule has 1 saturated carbocycles. The summed E-state index contributed by atoms with van der Waals surface area (Å²) in [6.45, 7) is 2.26. The Hall–Kier alpha value is -1.88. The zero-order valence-corrected chi connectivity index (χ0v) is 10.8. The zero-order chi connectivity index (χ0) is 13.6. The van der Waals surface area contributed by atoms with Crippen LogP contribution in [0.5, 0.6) is 0 Å². The van der Waals surface area contributed by atoms with E-state index in [0.29, 0.717) is 12.2 Å². The van der Waals surface area contributed by atoms with Gasteiger partial charge in [0.2, 0.25) is 0 Å². The number of nitrogens with two attached hydrogens (primary N) is 1. The highest BCUT2D eigenvalue weighted by molar-refractivity contribution is 6.23. The van der Waals surface area contributed by atoms with E-state index < -0.39 is 5.54 Å². The Balaban J connectivity index is 1.91. The smallest absolute Gasteiger partial charge is 0.326 e. The van der Waals surface area contributed by atoms with E-state index in [1.165, 1.54) is 4.90 Å². The average Bonchev–Trinajstić information content (AvgIpc) is 3.21. The Labute approximate surface area is 111 Å². The minimum atomic E-state index is -0.733. The number of anilines is 1. The van der Waals surface area contributed by atoms with E-state index in [1.54, 1.807) is 12.1 Å². The third kappa shape index (κ3) is 1.81. The highest BCUT2D eigenvalue weighted by Gasteiger charge is 2.56. The van der Waals surface area contributed by atoms with Crippen molar-refractivity contribution in [3.05, 3.63) is 29.8 Å². The Morgan fingerprint density at radius 1 is 1.32 bits per heavy atom. The van der Waals surface area contributed by atoms with Crippen molar-refractivity contribution < 1.29 is 9.59 Å². The first-order valence-corrected chi connectivity index (χ1v) is 6.52. The molecule has 3 amide bonds. The lowest BCUT2D eigenvalue weighted by molar-refractivity contribution is -0.122. The van der Waals surface area contributed by atoms with E-state index >= 15 is 0 Å². The van der Waals surface area contributed by atoms with Crippen molar-refractivity contribution in [2.45, 2.75) is 31.8 Å². The maximum Gasteiger partial charge on any atom is 0.329 e. The van der Waals surface area contributed by atoms with Crippen molar-refractivity contribution in [2.24, 2.45) is 11.7 Å². The molecule has 1 saturated heterocycles. The molecule has 3 N–H and O–H groups in total. The van der Waals surface area contributed by atoms with Gasteiger partial charge < -0.3 is 11.1 Å². The van der Waals surface area contributed by atoms with Crippen LogP contribution in [0.1, 0.15) is 25.3 Å². The van der Waals surface area contributed by atoms with E-state index in [9.17, 15) is 9.59 Å². The highest BCUT2D eigenvalue weighted by Crippen LogP contribution is 2.43. The van der Waals surface area contributed by atoms with Gasteiger partial charge in [0.05, 0.1) is 5.69 Å². The van der Waals surface area contributed by atoms with Crippen LogP contribution in [0, 0.1) is 5.92 Å². The van der Waals surface area contributed by atoms with Crippen LogP contribution in [0.3, 0.4) is 0 Å². The van der Waals surface area contributed by atoms with E-state index in [4.69, 9.17) is 5.73 Å². The van der Waals surface area contributed by atoms with E-state index in [2.05, 4.69) is 5.32 Å². The van der Waals surface area contributed by atoms with E-state index in [0.717, 1.165) is 18.4 Å². The average molecular weight is 259 g/mol. The molecule has 5 nitrogen and oxygen atoms in total. The van der Waals surface area contributed by atoms with Crippen LogP contribution < -0.4 is 16.0 Å². The molecule has 1 aromatic rings. The molecule has 1 heterocycles. The fourth-order valence-electron chi connectivity index (χ4n) is 2.61. The van der Waals surface area contributed by atoms with E-state index in [1.807, 2.05) is 19.1 Å². The molecule has 1 aromatic carbocycles. The van der Waals surface area contributed by atoms with Gasteiger partial charge in [0.1, 0.15) is 5.54 Å². The van der Waals surface area contributed by atoms with Gasteiger partial charge in [-0.05, 0) is 43.4 Å². The van der Waals surface area contributed by atoms with Crippen molar-refractivity contribution in [1.29, 1.82) is 0 Å². The number of nitrogens with one attached hydrogen (secondary N) is 1. The molecule has 1 atom stereocenters. The number of hydrogen-bond donors (Lipinski definition) is 2. The maximum atomic E-state index is 12.5. The number of carbonyl (C=O) groups excluding carboxylic acids is 2. The SMILES string of the molecule is CC1(C2CC2)NC(=O)N(c2ccc(CN)cc2)C1=O. The summed E-state index contributed by atoms with van der Waals surface area (Å²) >= 11 is 0. The summed E-state index contributed by atoms with van der Waals surface area (Å²) in [7, 11) is 0. The molecular weight excluding hydrogens is 242 g/mol. The van der Waals surface area contributed by atoms with Crippen LogP contribution in [-0.4, -0.2) is 17.5 Å². The first kappa shape index (κ1) is 12.2. The fraction of sp³-hybridized carbons (Fsp3) is 0.429. The predicted octanol–water partition coefficient (Wildman–Crippen LogP) is 1.37. The van der Waals surface area contributed by atoms with Gasteiger partial charge in [0.25, 0.3) is 5.91 Å². The van der Waals surface area contributed by atoms with Crippen molar-refractivity contribution in [3.63, 3.8) is 0 Å². The topological polar surface area (TPSA) is 75.4 Å². The Kier molecular flexibility index (Phi) is 2.60. The van der Waals surface area contributed by atoms with Crippen molar-refractivity contribution in [3.8, 4) is 0 Å². The molecule has 0 aromatic heterocycles. The summed E-state index contributed by atoms with van der Waals surface area (Å²) in [5, 5.41) is 2.83. The molecule has 100 valence electrons. The molecule has 3 rings (SSSR count). The molecule has 0 radical (unpaired) electrons. The monoisotopic (exact) mass is 259 g/mol. The molecule has 5 heteroatoms. The number of urea groups is 1. The summed E-state index contributed by atoms with van der Waals surface area (Å²) in [5.41, 5.74) is 6.38. The number of nitrogens with zero attached hydrogens (tertiary/aromatic N) is 1. The minimum Gasteiger partial charge on any atom is -0.326 e. The van der Waals surface area contributed by atoms with E-state index in [-0.39, 0.29) is 17.9 Å². The Bertz CT molecular complexity index is 536. The number of imide groups is 1. The largest absolute Gasteiger partial charge is 0.329 e. The van der Waals surface area contributed by atoms with Gasteiger partial charge in [-0.25, -0.2) is 9.69 Å². The van der Waals surface area contributed by atoms with Gasteiger partial charge in [0, 0.05) is 6.54 Å². The van der Waals surface area contributed by atoms with Crippen LogP contribution in [-0.2, 0) is 11.3 Å². The van der Waals surface area contributed by atoms with Crippen LogP contribution in [0.15, 0.2) is 24.3 Å². The summed E-state index contributed by atoms with van der Waals surface area (Å²) in [6, 6.07) is 6.86. The minimum absolute atomic E-state index is 0.152. The molecule has 0 bridgehead atoms. The standard InChI is InChI=1S/C14H17N3O2/c1-14(10-4-5-10)12(18)17(13(19)16-14)11-6-2-9(8-15)3-7-11/h2-3,6-7,10H,4-5,8,15H2,1H3,(H,16,19). The Morgan fingerprint density at radius 2 is 1.95 bits per heavy atom. The van der Waals surface area contributed by atoms with Crippen LogP contribution in [0.2, 0.25) is 0 Å². The van der Waals surface area contributed by atoms with Gasteiger partial charge in [-0.15, -0.1) is 0 Å². The number of carbonyl (C=O) groups is 2. The lowest BCUT2D eigenvalue weighted by atomic mass is 9.96. The molecule has 1 unspecified atom stereocenters. The third-order valence-corrected chi connectivity index (χ3v) is 4.04. The summed E-state index contributed by atoms with van der Waals surface area (Å²) < 4.78 is 0. The van der Waals surface area contributed by atoms with Crippen molar-refractivity contribution in [1.82, 2.24) is 5.32 Å². The molecule has 19 heavy (non-hydrogen) atoms. The van der Waals surface area contributed by atoms with Gasteiger partial charge in [-0.2, -0.15) is 0 Å². The van der Waals surface area contributed by atoms with Crippen LogP contribution in [0.4, 0.5) is 10.5 Å². The maximum absolute atomic E-state index is 12.5. The first-order chi connectivity index (χ1) is 9.06. The number of amides is 3. The van der Waals surface area contributed by atoms with Crippen LogP contribution >= 0.6 is 0 Å². The third-order valence-electron chi connectivity index (χ3n) is 4.04. The molecule has 1 aliphatic heterocycles. The van der Waals surface area contributed by atoms with Crippen molar-refractivity contribution >= 4 is 17.6 Å². The summed E-state index contributed by atoms with van der Waals surface area (Å²) in [5.74, 6) is 0.123. The van der Waals surface area contributed by atoms with Gasteiger partial charge >= 0.3 is 6.03 Å². The lowest BCUT2D eigenvalue weighted by Crippen LogP contribution is -2.46. The molecule has 1 aliphatic carbocycles. The van der Waals surface area contributed by atoms with Gasteiger partial charge in [-0.1, -0.05) is 12.1 Å². The normalized spacial score (nSPS) is 26.7. The molecule has 2 aliphatic rings. The number of benzene rings is 1. The fourth-order valence-corrected chi connectivity index (χ4v) is 2.61. The number of rotatable bonds is 3. The van der Waals surface area contributed by atoms with Crippen LogP contribution in [0.25, 0.3) is 0 Å². The Morgan fingerprint density at radius 3 is 2.47 bits per heavy atom. The second-order valence-electron chi connectivity index (χ2n) is 5.42. The first-order valence-electron chi connectivity index (χ1n) is 6.52. The second kappa shape index (κ2) is 4.06. The summed E-state index contributed by atoms with van der Waals surface area (Å²) in [4.78, 5) is 25.8. The second-order valence-corrected chi connectivity index (χ2v) is 5.42. The predicted molar refractivity (Wildman–Crippen MR) is 71.5 cm³/mol. The quantitative estimate of drug-likeness (QED) is 0.805. The number of hydrogen-bond acceptors (Lipinski definition) is 3. The van der Waals surface area contributed by atoms with Crippen molar-refractivity contribution in [2.75, 3.05) is 4.90 Å². The summed E-state index contributed by atoms with van der Waals surface area (Å²) in [6.07, 6.45) is 2.00. The zero-order valence-electron chi connectivity index (χ0n) is 10.8. The van der Waals surface area contributed by atoms with Gasteiger partial charge in [-0.3, -0.25) is 4.79 Å². The highest BCUT2D eigenvalue weighted by atomic mass is 16.2. The van der Waals surface area contributed by atoms with Gasteiger partial charge in [0.15, 0.2) is 0 Å².